The number of nitrogens with zero attached hydrogens (tertiary/aromatic N) is 4. The van der Waals surface area contributed by atoms with Gasteiger partial charge in [-0.2, -0.15) is 5.10 Å². The minimum atomic E-state index is -1.03. The third kappa shape index (κ3) is 3.64. The molecule has 5 rings (SSSR count). The molecule has 170 valence electrons. The molecule has 1 amide bonds. The number of pyridine rings is 1. The number of carboxylic acids is 1. The van der Waals surface area contributed by atoms with Gasteiger partial charge in [0.15, 0.2) is 0 Å². The number of rotatable bonds is 5. The van der Waals surface area contributed by atoms with E-state index in [4.69, 9.17) is 15.6 Å². The van der Waals surface area contributed by atoms with Crippen LogP contribution in [0.25, 0.3) is 22.5 Å². The Kier molecular flexibility index (Phi) is 4.93. The number of methoxy groups -OCH3 is 1. The van der Waals surface area contributed by atoms with Gasteiger partial charge in [0.05, 0.1) is 30.6 Å². The molecule has 0 saturated carbocycles. The van der Waals surface area contributed by atoms with E-state index >= 15 is 0 Å². The maximum absolute atomic E-state index is 12.2. The van der Waals surface area contributed by atoms with Crippen molar-refractivity contribution in [2.24, 2.45) is 5.73 Å². The molecule has 33 heavy (non-hydrogen) atoms. The molecule has 1 fully saturated rings. The molecule has 2 aromatic heterocycles. The predicted molar refractivity (Wildman–Crippen MR) is 121 cm³/mol. The first kappa shape index (κ1) is 21.1. The summed E-state index contributed by atoms with van der Waals surface area (Å²) < 4.78 is 6.74. The predicted octanol–water partition coefficient (Wildman–Crippen LogP) is 1.98. The van der Waals surface area contributed by atoms with Gasteiger partial charge >= 0.3 is 5.97 Å². The number of ether oxygens (including phenoxy) is 1. The Bertz CT molecular complexity index is 1260. The number of amides is 1. The van der Waals surface area contributed by atoms with E-state index in [-0.39, 0.29) is 18.1 Å². The largest absolute Gasteiger partial charge is 0.497 e. The highest BCUT2D eigenvalue weighted by atomic mass is 16.5. The zero-order chi connectivity index (χ0) is 23.3. The first-order valence-corrected chi connectivity index (χ1v) is 10.8. The highest BCUT2D eigenvalue weighted by molar-refractivity contribution is 5.91. The molecule has 3 aromatic rings. The van der Waals surface area contributed by atoms with E-state index in [1.54, 1.807) is 12.0 Å². The quantitative estimate of drug-likeness (QED) is 0.613. The average Bonchev–Trinajstić information content (AvgIpc) is 3.15. The van der Waals surface area contributed by atoms with Crippen LogP contribution in [0.5, 0.6) is 5.75 Å². The second-order valence-corrected chi connectivity index (χ2v) is 8.83. The molecule has 1 aromatic carbocycles. The van der Waals surface area contributed by atoms with E-state index in [1.165, 1.54) is 11.6 Å². The molecule has 0 bridgehead atoms. The smallest absolute Gasteiger partial charge is 0.354 e. The van der Waals surface area contributed by atoms with E-state index in [9.17, 15) is 14.7 Å². The van der Waals surface area contributed by atoms with Crippen molar-refractivity contribution in [3.63, 3.8) is 0 Å². The number of carboxylic acid groups (broad SMARTS) is 1. The van der Waals surface area contributed by atoms with Crippen molar-refractivity contribution >= 4 is 11.9 Å². The Morgan fingerprint density at radius 1 is 1.21 bits per heavy atom. The van der Waals surface area contributed by atoms with E-state index < -0.39 is 11.5 Å². The third-order valence-corrected chi connectivity index (χ3v) is 6.45. The molecule has 3 heterocycles. The highest BCUT2D eigenvalue weighted by Gasteiger charge is 2.43. The van der Waals surface area contributed by atoms with Crippen LogP contribution in [0.4, 0.5) is 0 Å². The monoisotopic (exact) mass is 447 g/mol. The Morgan fingerprint density at radius 2 is 1.94 bits per heavy atom. The van der Waals surface area contributed by atoms with E-state index in [1.807, 2.05) is 36.5 Å². The number of hydrogen-bond donors (Lipinski definition) is 2. The number of fused-ring (bicyclic) bond motifs is 3. The van der Waals surface area contributed by atoms with Crippen molar-refractivity contribution in [1.82, 2.24) is 19.7 Å². The molecular formula is C24H25N5O4. The van der Waals surface area contributed by atoms with E-state index in [0.29, 0.717) is 37.2 Å². The molecule has 1 aliphatic heterocycles. The van der Waals surface area contributed by atoms with Crippen molar-refractivity contribution in [3.05, 3.63) is 53.3 Å². The van der Waals surface area contributed by atoms with Gasteiger partial charge in [0.25, 0.3) is 0 Å². The van der Waals surface area contributed by atoms with Crippen molar-refractivity contribution < 1.29 is 19.4 Å². The summed E-state index contributed by atoms with van der Waals surface area (Å²) in [5.41, 5.74) is 10.9. The van der Waals surface area contributed by atoms with E-state index in [0.717, 1.165) is 28.1 Å². The van der Waals surface area contributed by atoms with Gasteiger partial charge in [-0.1, -0.05) is 0 Å². The summed E-state index contributed by atoms with van der Waals surface area (Å²) >= 11 is 0. The van der Waals surface area contributed by atoms with Crippen LogP contribution in [0.2, 0.25) is 0 Å². The fourth-order valence-corrected chi connectivity index (χ4v) is 4.72. The SMILES string of the molecule is COc1ccc(-c2cc3c(cn2)CCc2c-3nn(CC3(N)CN(C(C)=O)C3)c2C(=O)O)cc1. The van der Waals surface area contributed by atoms with Gasteiger partial charge in [-0.25, -0.2) is 4.79 Å². The first-order chi connectivity index (χ1) is 15.8. The lowest BCUT2D eigenvalue weighted by atomic mass is 9.89. The number of aromatic nitrogens is 3. The van der Waals surface area contributed by atoms with Crippen LogP contribution in [0.1, 0.15) is 28.5 Å². The van der Waals surface area contributed by atoms with Gasteiger partial charge in [0, 0.05) is 42.9 Å². The lowest BCUT2D eigenvalue weighted by Crippen LogP contribution is -2.70. The lowest BCUT2D eigenvalue weighted by Gasteiger charge is -2.47. The molecule has 0 atom stereocenters. The maximum atomic E-state index is 12.2. The molecule has 3 N–H and O–H groups in total. The van der Waals surface area contributed by atoms with Gasteiger partial charge in [0.1, 0.15) is 11.4 Å². The second kappa shape index (κ2) is 7.70. The number of carbonyl (C=O) groups is 2. The number of benzene rings is 1. The van der Waals surface area contributed by atoms with Crippen LogP contribution < -0.4 is 10.5 Å². The number of aromatic carboxylic acids is 1. The van der Waals surface area contributed by atoms with E-state index in [2.05, 4.69) is 4.98 Å². The van der Waals surface area contributed by atoms with Crippen LogP contribution in [0.3, 0.4) is 0 Å². The van der Waals surface area contributed by atoms with Crippen LogP contribution in [0, 0.1) is 0 Å². The minimum absolute atomic E-state index is 0.0400. The first-order valence-electron chi connectivity index (χ1n) is 10.8. The Balaban J connectivity index is 1.53. The molecule has 0 radical (unpaired) electrons. The summed E-state index contributed by atoms with van der Waals surface area (Å²) in [5.74, 6) is -0.302. The zero-order valence-corrected chi connectivity index (χ0v) is 18.5. The standard InChI is InChI=1S/C24H25N5O4/c1-14(30)28-11-24(25,12-28)13-29-22(23(31)32)18-8-5-16-10-26-20(9-19(16)21(18)27-29)15-3-6-17(33-2)7-4-15/h3-4,6-7,9-10H,5,8,11-13,25H2,1-2H3,(H,31,32). The molecular weight excluding hydrogens is 422 g/mol. The molecule has 9 heteroatoms. The van der Waals surface area contributed by atoms with Gasteiger partial charge < -0.3 is 20.5 Å². The zero-order valence-electron chi connectivity index (χ0n) is 18.5. The molecule has 2 aliphatic rings. The summed E-state index contributed by atoms with van der Waals surface area (Å²) in [5, 5.41) is 14.7. The fourth-order valence-electron chi connectivity index (χ4n) is 4.72. The molecule has 9 nitrogen and oxygen atoms in total. The van der Waals surface area contributed by atoms with Crippen molar-refractivity contribution in [2.45, 2.75) is 31.8 Å². The summed E-state index contributed by atoms with van der Waals surface area (Å²) in [6.07, 6.45) is 3.11. The topological polar surface area (TPSA) is 124 Å². The second-order valence-electron chi connectivity index (χ2n) is 8.83. The number of likely N-dealkylation sites (tertiary alicyclic amines) is 1. The Labute approximate surface area is 190 Å². The molecule has 0 spiro atoms. The van der Waals surface area contributed by atoms with Crippen LogP contribution in [0.15, 0.2) is 36.5 Å². The number of nitrogens with two attached hydrogens (primary N) is 1. The van der Waals surface area contributed by atoms with Crippen molar-refractivity contribution in [2.75, 3.05) is 20.2 Å². The van der Waals surface area contributed by atoms with Crippen LogP contribution in [-0.2, 0) is 24.2 Å². The van der Waals surface area contributed by atoms with Gasteiger partial charge in [0.2, 0.25) is 5.91 Å². The lowest BCUT2D eigenvalue weighted by molar-refractivity contribution is -0.136. The number of hydrogen-bond acceptors (Lipinski definition) is 6. The Morgan fingerprint density at radius 3 is 2.58 bits per heavy atom. The normalized spacial score (nSPS) is 15.9. The Hall–Kier alpha value is -3.72. The summed E-state index contributed by atoms with van der Waals surface area (Å²) in [6.45, 7) is 2.50. The summed E-state index contributed by atoms with van der Waals surface area (Å²) in [4.78, 5) is 30.0. The molecule has 1 saturated heterocycles. The fraction of sp³-hybridized carbons (Fsp3) is 0.333. The number of aryl methyl sites for hydroxylation is 1. The van der Waals surface area contributed by atoms with Gasteiger partial charge in [-0.3, -0.25) is 14.5 Å². The molecule has 0 unspecified atom stereocenters. The van der Waals surface area contributed by atoms with Gasteiger partial charge in [-0.05, 0) is 48.7 Å². The van der Waals surface area contributed by atoms with Crippen molar-refractivity contribution in [3.8, 4) is 28.3 Å². The highest BCUT2D eigenvalue weighted by Crippen LogP contribution is 2.37. The maximum Gasteiger partial charge on any atom is 0.354 e. The van der Waals surface area contributed by atoms with Crippen LogP contribution >= 0.6 is 0 Å². The summed E-state index contributed by atoms with van der Waals surface area (Å²) in [7, 11) is 1.62. The third-order valence-electron chi connectivity index (χ3n) is 6.45. The van der Waals surface area contributed by atoms with Crippen molar-refractivity contribution in [1.29, 1.82) is 0 Å². The average molecular weight is 447 g/mol. The summed E-state index contributed by atoms with van der Waals surface area (Å²) in [6, 6.07) is 9.60. The van der Waals surface area contributed by atoms with Crippen LogP contribution in [-0.4, -0.2) is 62.4 Å². The number of carbonyl (C=O) groups excluding carboxylic acids is 1. The molecule has 1 aliphatic carbocycles. The minimum Gasteiger partial charge on any atom is -0.497 e. The van der Waals surface area contributed by atoms with Gasteiger partial charge in [-0.15, -0.1) is 0 Å².